The summed E-state index contributed by atoms with van der Waals surface area (Å²) < 4.78 is 5.43. The van der Waals surface area contributed by atoms with Gasteiger partial charge in [-0.2, -0.15) is 0 Å². The molecular weight excluding hydrogens is 815 g/mol. The maximum Gasteiger partial charge on any atom is 0.305 e. The molecule has 0 bridgehead atoms. The second kappa shape index (κ2) is 55.7. The van der Waals surface area contributed by atoms with Gasteiger partial charge in [0.1, 0.15) is 0 Å². The first-order chi connectivity index (χ1) is 32.5. The lowest BCUT2D eigenvalue weighted by Crippen LogP contribution is -2.45. The minimum atomic E-state index is -0.846. The molecule has 0 spiro atoms. The molecule has 0 aromatic carbocycles. The van der Waals surface area contributed by atoms with Crippen molar-refractivity contribution in [2.45, 2.75) is 321 Å². The van der Waals surface area contributed by atoms with Crippen molar-refractivity contribution in [2.75, 3.05) is 13.2 Å². The van der Waals surface area contributed by atoms with Gasteiger partial charge in [0, 0.05) is 12.8 Å². The van der Waals surface area contributed by atoms with Crippen LogP contribution in [0.3, 0.4) is 0 Å². The number of aliphatic hydroxyl groups is 2. The first-order valence-corrected chi connectivity index (χ1v) is 29.3. The summed E-state index contributed by atoms with van der Waals surface area (Å²) >= 11 is 0. The third-order valence-corrected chi connectivity index (χ3v) is 13.4. The Kier molecular flexibility index (Phi) is 54.1. The molecule has 388 valence electrons. The van der Waals surface area contributed by atoms with Crippen LogP contribution in [0.5, 0.6) is 0 Å². The second-order valence-electron chi connectivity index (χ2n) is 20.0. The van der Waals surface area contributed by atoms with Crippen LogP contribution in [0, 0.1) is 0 Å². The number of carbonyl (C=O) groups excluding carboxylic acids is 2. The van der Waals surface area contributed by atoms with Crippen molar-refractivity contribution in [3.8, 4) is 0 Å². The topological polar surface area (TPSA) is 95.9 Å². The molecule has 0 saturated heterocycles. The number of hydrogen-bond donors (Lipinski definition) is 3. The number of hydrogen-bond acceptors (Lipinski definition) is 5. The van der Waals surface area contributed by atoms with Crippen molar-refractivity contribution in [2.24, 2.45) is 0 Å². The van der Waals surface area contributed by atoms with Gasteiger partial charge in [0.25, 0.3) is 0 Å². The van der Waals surface area contributed by atoms with E-state index in [4.69, 9.17) is 4.74 Å². The van der Waals surface area contributed by atoms with Crippen molar-refractivity contribution in [3.63, 3.8) is 0 Å². The molecule has 0 aliphatic heterocycles. The van der Waals surface area contributed by atoms with E-state index in [1.54, 1.807) is 6.08 Å². The van der Waals surface area contributed by atoms with Gasteiger partial charge in [-0.05, 0) is 51.4 Å². The third-order valence-electron chi connectivity index (χ3n) is 13.4. The molecule has 2 atom stereocenters. The molecular formula is C60H113NO5. The summed E-state index contributed by atoms with van der Waals surface area (Å²) in [6, 6.07) is -0.630. The molecule has 0 aliphatic rings. The average Bonchev–Trinajstić information content (AvgIpc) is 3.32. The zero-order valence-corrected chi connectivity index (χ0v) is 44.2. The zero-order valence-electron chi connectivity index (χ0n) is 44.2. The lowest BCUT2D eigenvalue weighted by Gasteiger charge is -2.20. The Balaban J connectivity index is 3.43. The molecule has 66 heavy (non-hydrogen) atoms. The van der Waals surface area contributed by atoms with Crippen molar-refractivity contribution in [1.29, 1.82) is 0 Å². The van der Waals surface area contributed by atoms with Gasteiger partial charge >= 0.3 is 5.97 Å². The summed E-state index contributed by atoms with van der Waals surface area (Å²) in [5, 5.41) is 23.0. The van der Waals surface area contributed by atoms with E-state index in [0.717, 1.165) is 51.4 Å². The van der Waals surface area contributed by atoms with Crippen LogP contribution in [0.25, 0.3) is 0 Å². The van der Waals surface area contributed by atoms with Gasteiger partial charge < -0.3 is 20.3 Å². The van der Waals surface area contributed by atoms with E-state index < -0.39 is 12.1 Å². The van der Waals surface area contributed by atoms with Crippen molar-refractivity contribution in [1.82, 2.24) is 5.32 Å². The molecule has 0 aromatic rings. The highest BCUT2D eigenvalue weighted by Crippen LogP contribution is 2.17. The minimum absolute atomic E-state index is 0.0318. The van der Waals surface area contributed by atoms with Crippen LogP contribution in [0.1, 0.15) is 309 Å². The first kappa shape index (κ1) is 64.1. The Bertz CT molecular complexity index is 1070. The quantitative estimate of drug-likeness (QED) is 0.0321. The lowest BCUT2D eigenvalue weighted by molar-refractivity contribution is -0.143. The standard InChI is InChI=1S/C60H113NO5/c1-3-5-7-9-11-13-15-16-17-18-25-28-31-34-38-42-46-50-54-60(65)66-55-51-47-43-39-35-32-29-26-23-21-19-20-22-24-27-30-33-37-41-45-49-53-59(64)61-57(56-62)58(63)52-48-44-40-36-14-12-10-8-6-4-2/h32,35,43,47-48,52,57-58,62-63H,3-31,33-34,36-42,44-46,49-51,53-56H2,1-2H3,(H,61,64)/b35-32-,47-43-,52-48+. The van der Waals surface area contributed by atoms with Crippen molar-refractivity contribution >= 4 is 11.9 Å². The number of rotatable bonds is 54. The summed E-state index contributed by atoms with van der Waals surface area (Å²) in [4.78, 5) is 24.4. The number of unbranched alkanes of at least 4 members (excludes halogenated alkanes) is 39. The molecule has 0 aliphatic carbocycles. The number of amides is 1. The molecule has 1 amide bonds. The number of carbonyl (C=O) groups is 2. The van der Waals surface area contributed by atoms with Gasteiger partial charge in [-0.25, -0.2) is 0 Å². The van der Waals surface area contributed by atoms with Gasteiger partial charge in [-0.1, -0.05) is 281 Å². The zero-order chi connectivity index (χ0) is 47.9. The molecule has 2 unspecified atom stereocenters. The fourth-order valence-electron chi connectivity index (χ4n) is 8.94. The third kappa shape index (κ3) is 51.5. The van der Waals surface area contributed by atoms with Crippen LogP contribution in [0.2, 0.25) is 0 Å². The molecule has 0 heterocycles. The highest BCUT2D eigenvalue weighted by Gasteiger charge is 2.18. The van der Waals surface area contributed by atoms with E-state index >= 15 is 0 Å². The summed E-state index contributed by atoms with van der Waals surface area (Å²) in [7, 11) is 0. The molecule has 0 radical (unpaired) electrons. The Hall–Kier alpha value is -1.92. The molecule has 0 rings (SSSR count). The SMILES string of the molecule is CCCCCCCCCC/C=C/C(O)C(CO)NC(=O)CCCCCCCCCCCCCCCC/C=C\C/C=C\CCOC(=O)CCCCCCCCCCCCCCCCCCCC. The maximum atomic E-state index is 12.4. The number of ether oxygens (including phenoxy) is 1. The van der Waals surface area contributed by atoms with Crippen molar-refractivity contribution in [3.05, 3.63) is 36.5 Å². The minimum Gasteiger partial charge on any atom is -0.465 e. The highest BCUT2D eigenvalue weighted by molar-refractivity contribution is 5.76. The van der Waals surface area contributed by atoms with Crippen molar-refractivity contribution < 1.29 is 24.5 Å². The molecule has 0 aromatic heterocycles. The van der Waals surface area contributed by atoms with Crippen LogP contribution in [0.4, 0.5) is 0 Å². The van der Waals surface area contributed by atoms with Crippen LogP contribution in [0.15, 0.2) is 36.5 Å². The van der Waals surface area contributed by atoms with Crippen LogP contribution in [-0.2, 0) is 14.3 Å². The molecule has 0 saturated carbocycles. The van der Waals surface area contributed by atoms with Gasteiger partial charge in [0.2, 0.25) is 5.91 Å². The van der Waals surface area contributed by atoms with E-state index in [0.29, 0.717) is 19.4 Å². The monoisotopic (exact) mass is 928 g/mol. The fraction of sp³-hybridized carbons (Fsp3) is 0.867. The summed E-state index contributed by atoms with van der Waals surface area (Å²) in [6.45, 7) is 4.79. The van der Waals surface area contributed by atoms with E-state index in [-0.39, 0.29) is 18.5 Å². The van der Waals surface area contributed by atoms with Gasteiger partial charge in [-0.15, -0.1) is 0 Å². The number of aliphatic hydroxyl groups excluding tert-OH is 2. The Morgan fingerprint density at radius 3 is 1.15 bits per heavy atom. The predicted molar refractivity (Wildman–Crippen MR) is 287 cm³/mol. The highest BCUT2D eigenvalue weighted by atomic mass is 16.5. The summed E-state index contributed by atoms with van der Waals surface area (Å²) in [6.07, 6.45) is 69.1. The Morgan fingerprint density at radius 2 is 0.758 bits per heavy atom. The van der Waals surface area contributed by atoms with Crippen LogP contribution < -0.4 is 5.32 Å². The van der Waals surface area contributed by atoms with E-state index in [1.165, 1.54) is 231 Å². The second-order valence-corrected chi connectivity index (χ2v) is 20.0. The Morgan fingerprint density at radius 1 is 0.424 bits per heavy atom. The van der Waals surface area contributed by atoms with Gasteiger partial charge in [0.05, 0.1) is 25.4 Å². The lowest BCUT2D eigenvalue weighted by atomic mass is 10.0. The van der Waals surface area contributed by atoms with E-state index in [2.05, 4.69) is 43.5 Å². The van der Waals surface area contributed by atoms with Crippen LogP contribution >= 0.6 is 0 Å². The number of nitrogens with one attached hydrogen (secondary N) is 1. The molecule has 6 heteroatoms. The normalized spacial score (nSPS) is 12.8. The summed E-state index contributed by atoms with van der Waals surface area (Å²) in [5.74, 6) is -0.106. The first-order valence-electron chi connectivity index (χ1n) is 29.3. The van der Waals surface area contributed by atoms with Gasteiger partial charge in [-0.3, -0.25) is 9.59 Å². The number of allylic oxidation sites excluding steroid dienone is 4. The van der Waals surface area contributed by atoms with E-state index in [9.17, 15) is 19.8 Å². The average molecular weight is 929 g/mol. The van der Waals surface area contributed by atoms with E-state index in [1.807, 2.05) is 6.08 Å². The molecule has 0 fully saturated rings. The maximum absolute atomic E-state index is 12.4. The van der Waals surface area contributed by atoms with Crippen LogP contribution in [-0.4, -0.2) is 47.4 Å². The Labute approximate surface area is 411 Å². The smallest absolute Gasteiger partial charge is 0.305 e. The van der Waals surface area contributed by atoms with Gasteiger partial charge in [0.15, 0.2) is 0 Å². The fourth-order valence-corrected chi connectivity index (χ4v) is 8.94. The summed E-state index contributed by atoms with van der Waals surface area (Å²) in [5.41, 5.74) is 0. The molecule has 3 N–H and O–H groups in total. The number of esters is 1. The largest absolute Gasteiger partial charge is 0.465 e. The predicted octanol–water partition coefficient (Wildman–Crippen LogP) is 18.0. The molecule has 6 nitrogen and oxygen atoms in total.